The summed E-state index contributed by atoms with van der Waals surface area (Å²) in [7, 11) is 0. The molecule has 1 amide bonds. The minimum absolute atomic E-state index is 0.0663. The first-order chi connectivity index (χ1) is 12.7. The summed E-state index contributed by atoms with van der Waals surface area (Å²) >= 11 is 0. The summed E-state index contributed by atoms with van der Waals surface area (Å²) in [5.74, 6) is 0.584. The van der Waals surface area contributed by atoms with Crippen molar-refractivity contribution in [1.29, 1.82) is 0 Å². The number of amides is 1. The van der Waals surface area contributed by atoms with E-state index in [9.17, 15) is 23.1 Å². The topological polar surface area (TPSA) is 71.5 Å². The number of alkyl halides is 3. The standard InChI is InChI=1S/C19H21F3N2O3/c1-3-13-10-15(25)9-12(2)18(13)27-8-4-5-17(26)24-16-7-6-14(11-23-16)19(20,21)22/h6-7,9-11,25H,3-5,8H2,1-2H3,(H,23,24,26). The molecule has 0 fully saturated rings. The third-order valence-corrected chi connectivity index (χ3v) is 3.87. The number of carbonyl (C=O) groups excluding carboxylic acids is 1. The van der Waals surface area contributed by atoms with Crippen molar-refractivity contribution in [2.24, 2.45) is 0 Å². The first kappa shape index (κ1) is 20.5. The fourth-order valence-corrected chi connectivity index (χ4v) is 2.54. The molecule has 0 atom stereocenters. The van der Waals surface area contributed by atoms with Crippen LogP contribution in [0.2, 0.25) is 0 Å². The summed E-state index contributed by atoms with van der Waals surface area (Å²) < 4.78 is 43.2. The van der Waals surface area contributed by atoms with E-state index in [1.807, 2.05) is 13.8 Å². The minimum Gasteiger partial charge on any atom is -0.508 e. The molecule has 1 aromatic carbocycles. The van der Waals surface area contributed by atoms with Crippen LogP contribution in [0.4, 0.5) is 19.0 Å². The molecular formula is C19H21F3N2O3. The van der Waals surface area contributed by atoms with Crippen LogP contribution in [0.25, 0.3) is 0 Å². The highest BCUT2D eigenvalue weighted by Crippen LogP contribution is 2.30. The number of aryl methyl sites for hydroxylation is 2. The zero-order chi connectivity index (χ0) is 20.0. The number of aromatic nitrogens is 1. The van der Waals surface area contributed by atoms with Gasteiger partial charge in [-0.15, -0.1) is 0 Å². The average molecular weight is 382 g/mol. The van der Waals surface area contributed by atoms with Crippen molar-refractivity contribution in [2.75, 3.05) is 11.9 Å². The summed E-state index contributed by atoms with van der Waals surface area (Å²) in [5, 5.41) is 12.1. The molecule has 2 N–H and O–H groups in total. The van der Waals surface area contributed by atoms with Crippen LogP contribution in [0.1, 0.15) is 36.5 Å². The van der Waals surface area contributed by atoms with Crippen molar-refractivity contribution in [3.63, 3.8) is 0 Å². The van der Waals surface area contributed by atoms with Crippen LogP contribution in [0, 0.1) is 6.92 Å². The Hall–Kier alpha value is -2.77. The fraction of sp³-hybridized carbons (Fsp3) is 0.368. The number of nitrogens with one attached hydrogen (secondary N) is 1. The van der Waals surface area contributed by atoms with Crippen LogP contribution >= 0.6 is 0 Å². The second-order valence-electron chi connectivity index (χ2n) is 6.03. The molecule has 0 unspecified atom stereocenters. The molecule has 8 heteroatoms. The van der Waals surface area contributed by atoms with Crippen molar-refractivity contribution >= 4 is 11.7 Å². The van der Waals surface area contributed by atoms with Gasteiger partial charge in [-0.2, -0.15) is 13.2 Å². The molecule has 1 aromatic heterocycles. The lowest BCUT2D eigenvalue weighted by Crippen LogP contribution is -2.14. The van der Waals surface area contributed by atoms with E-state index in [2.05, 4.69) is 10.3 Å². The molecule has 0 spiro atoms. The molecular weight excluding hydrogens is 361 g/mol. The molecule has 146 valence electrons. The number of ether oxygens (including phenoxy) is 1. The van der Waals surface area contributed by atoms with Crippen molar-refractivity contribution in [1.82, 2.24) is 4.98 Å². The molecule has 0 bridgehead atoms. The number of pyridine rings is 1. The smallest absolute Gasteiger partial charge is 0.417 e. The lowest BCUT2D eigenvalue weighted by Gasteiger charge is -2.14. The Morgan fingerprint density at radius 3 is 2.63 bits per heavy atom. The van der Waals surface area contributed by atoms with E-state index in [4.69, 9.17) is 4.74 Å². The monoisotopic (exact) mass is 382 g/mol. The van der Waals surface area contributed by atoms with Gasteiger partial charge in [-0.25, -0.2) is 4.98 Å². The van der Waals surface area contributed by atoms with E-state index in [-0.39, 0.29) is 23.9 Å². The molecule has 2 rings (SSSR count). The van der Waals surface area contributed by atoms with Crippen LogP contribution in [-0.2, 0) is 17.4 Å². The first-order valence-corrected chi connectivity index (χ1v) is 8.49. The number of phenolic OH excluding ortho intramolecular Hbond substituents is 1. The van der Waals surface area contributed by atoms with Gasteiger partial charge in [0.1, 0.15) is 17.3 Å². The highest BCUT2D eigenvalue weighted by molar-refractivity contribution is 5.89. The third kappa shape index (κ3) is 5.87. The number of carbonyl (C=O) groups is 1. The Morgan fingerprint density at radius 2 is 2.04 bits per heavy atom. The molecule has 0 radical (unpaired) electrons. The second kappa shape index (κ2) is 8.75. The first-order valence-electron chi connectivity index (χ1n) is 8.49. The van der Waals surface area contributed by atoms with Crippen molar-refractivity contribution in [2.45, 2.75) is 39.3 Å². The highest BCUT2D eigenvalue weighted by atomic mass is 19.4. The van der Waals surface area contributed by atoms with Crippen LogP contribution in [0.5, 0.6) is 11.5 Å². The number of benzene rings is 1. The number of rotatable bonds is 7. The summed E-state index contributed by atoms with van der Waals surface area (Å²) in [6, 6.07) is 5.24. The maximum atomic E-state index is 12.5. The molecule has 0 aliphatic heterocycles. The summed E-state index contributed by atoms with van der Waals surface area (Å²) in [4.78, 5) is 15.5. The minimum atomic E-state index is -4.46. The normalized spacial score (nSPS) is 11.3. The SMILES string of the molecule is CCc1cc(O)cc(C)c1OCCCC(=O)Nc1ccc(C(F)(F)F)cn1. The summed E-state index contributed by atoms with van der Waals surface area (Å²) in [5.41, 5.74) is 0.820. The summed E-state index contributed by atoms with van der Waals surface area (Å²) in [6.45, 7) is 4.08. The zero-order valence-electron chi connectivity index (χ0n) is 15.1. The van der Waals surface area contributed by atoms with Gasteiger partial charge in [-0.05, 0) is 55.2 Å². The molecule has 2 aromatic rings. The van der Waals surface area contributed by atoms with Gasteiger partial charge in [0.2, 0.25) is 5.91 Å². The Kier molecular flexibility index (Phi) is 6.65. The summed E-state index contributed by atoms with van der Waals surface area (Å²) in [6.07, 6.45) is -2.52. The average Bonchev–Trinajstić information content (AvgIpc) is 2.59. The van der Waals surface area contributed by atoms with Crippen LogP contribution in [0.15, 0.2) is 30.5 Å². The Balaban J connectivity index is 1.82. The molecule has 0 aliphatic rings. The van der Waals surface area contributed by atoms with Gasteiger partial charge in [0.05, 0.1) is 12.2 Å². The van der Waals surface area contributed by atoms with Gasteiger partial charge in [0.25, 0.3) is 0 Å². The predicted molar refractivity (Wildman–Crippen MR) is 94.8 cm³/mol. The van der Waals surface area contributed by atoms with E-state index in [0.717, 1.165) is 23.3 Å². The van der Waals surface area contributed by atoms with Crippen molar-refractivity contribution in [3.05, 3.63) is 47.2 Å². The Morgan fingerprint density at radius 1 is 1.30 bits per heavy atom. The van der Waals surface area contributed by atoms with E-state index < -0.39 is 11.7 Å². The third-order valence-electron chi connectivity index (χ3n) is 3.87. The van der Waals surface area contributed by atoms with Gasteiger partial charge in [0.15, 0.2) is 0 Å². The number of halogens is 3. The van der Waals surface area contributed by atoms with E-state index >= 15 is 0 Å². The maximum Gasteiger partial charge on any atom is 0.417 e. The van der Waals surface area contributed by atoms with Crippen molar-refractivity contribution < 1.29 is 27.8 Å². The number of anilines is 1. The van der Waals surface area contributed by atoms with E-state index in [1.165, 1.54) is 0 Å². The van der Waals surface area contributed by atoms with Gasteiger partial charge in [-0.1, -0.05) is 6.92 Å². The number of aromatic hydroxyl groups is 1. The van der Waals surface area contributed by atoms with E-state index in [1.54, 1.807) is 12.1 Å². The van der Waals surface area contributed by atoms with Gasteiger partial charge in [-0.3, -0.25) is 4.79 Å². The number of phenols is 1. The molecule has 0 saturated heterocycles. The second-order valence-corrected chi connectivity index (χ2v) is 6.03. The largest absolute Gasteiger partial charge is 0.508 e. The van der Waals surface area contributed by atoms with Gasteiger partial charge < -0.3 is 15.2 Å². The molecule has 27 heavy (non-hydrogen) atoms. The van der Waals surface area contributed by atoms with Gasteiger partial charge >= 0.3 is 6.18 Å². The molecule has 1 heterocycles. The lowest BCUT2D eigenvalue weighted by atomic mass is 10.1. The van der Waals surface area contributed by atoms with Crippen LogP contribution < -0.4 is 10.1 Å². The number of hydrogen-bond donors (Lipinski definition) is 2. The predicted octanol–water partition coefficient (Wildman–Crippen LogP) is 4.47. The zero-order valence-corrected chi connectivity index (χ0v) is 15.1. The van der Waals surface area contributed by atoms with E-state index in [0.29, 0.717) is 31.4 Å². The number of nitrogens with zero attached hydrogens (tertiary/aromatic N) is 1. The van der Waals surface area contributed by atoms with Gasteiger partial charge in [0, 0.05) is 12.6 Å². The molecule has 0 saturated carbocycles. The maximum absolute atomic E-state index is 12.5. The number of hydrogen-bond acceptors (Lipinski definition) is 4. The fourth-order valence-electron chi connectivity index (χ4n) is 2.54. The Labute approximate surface area is 155 Å². The molecule has 0 aliphatic carbocycles. The van der Waals surface area contributed by atoms with Crippen molar-refractivity contribution in [3.8, 4) is 11.5 Å². The van der Waals surface area contributed by atoms with Crippen LogP contribution in [0.3, 0.4) is 0 Å². The lowest BCUT2D eigenvalue weighted by molar-refractivity contribution is -0.137. The quantitative estimate of drug-likeness (QED) is 0.693. The Bertz CT molecular complexity index is 790. The highest BCUT2D eigenvalue weighted by Gasteiger charge is 2.30. The van der Waals surface area contributed by atoms with Crippen LogP contribution in [-0.4, -0.2) is 22.6 Å². The molecule has 5 nitrogen and oxygen atoms in total.